The molecule has 0 atom stereocenters. The maximum Gasteiger partial charge on any atom is 0.231 e. The lowest BCUT2D eigenvalue weighted by molar-refractivity contribution is 0.173. The van der Waals surface area contributed by atoms with Crippen molar-refractivity contribution in [2.45, 2.75) is 19.8 Å². The number of aliphatic hydroxyl groups is 1. The Morgan fingerprint density at radius 1 is 1.47 bits per heavy atom. The van der Waals surface area contributed by atoms with Crippen molar-refractivity contribution in [1.29, 1.82) is 0 Å². The standard InChI is InChI=1S/C11H13BrO3/c1-2-8-7(3-4-13)5-9-11(10(8)12)15-6-14-9/h5,13H,2-4,6H2,1H3. The molecule has 1 heterocycles. The molecular formula is C11H13BrO3. The SMILES string of the molecule is CCc1c(CCO)cc2c(c1Br)OCO2. The van der Waals surface area contributed by atoms with E-state index in [4.69, 9.17) is 14.6 Å². The van der Waals surface area contributed by atoms with Crippen molar-refractivity contribution >= 4 is 15.9 Å². The van der Waals surface area contributed by atoms with Gasteiger partial charge in [-0.1, -0.05) is 6.92 Å². The summed E-state index contributed by atoms with van der Waals surface area (Å²) < 4.78 is 11.7. The Labute approximate surface area is 97.1 Å². The molecule has 82 valence electrons. The molecule has 0 spiro atoms. The van der Waals surface area contributed by atoms with Gasteiger partial charge in [0.2, 0.25) is 6.79 Å². The number of halogens is 1. The van der Waals surface area contributed by atoms with Crippen LogP contribution >= 0.6 is 15.9 Å². The lowest BCUT2D eigenvalue weighted by Gasteiger charge is -2.11. The smallest absolute Gasteiger partial charge is 0.231 e. The largest absolute Gasteiger partial charge is 0.454 e. The minimum absolute atomic E-state index is 0.152. The van der Waals surface area contributed by atoms with E-state index >= 15 is 0 Å². The molecule has 4 heteroatoms. The zero-order valence-corrected chi connectivity index (χ0v) is 10.1. The highest BCUT2D eigenvalue weighted by molar-refractivity contribution is 9.10. The van der Waals surface area contributed by atoms with Gasteiger partial charge in [-0.05, 0) is 46.0 Å². The lowest BCUT2D eigenvalue weighted by atomic mass is 10.0. The quantitative estimate of drug-likeness (QED) is 0.918. The van der Waals surface area contributed by atoms with Crippen LogP contribution in [0.5, 0.6) is 11.5 Å². The first-order chi connectivity index (χ1) is 7.27. The summed E-state index contributed by atoms with van der Waals surface area (Å²) in [4.78, 5) is 0. The monoisotopic (exact) mass is 272 g/mol. The van der Waals surface area contributed by atoms with Crippen LogP contribution in [0.1, 0.15) is 18.1 Å². The number of hydrogen-bond acceptors (Lipinski definition) is 3. The van der Waals surface area contributed by atoms with E-state index in [1.54, 1.807) is 0 Å². The van der Waals surface area contributed by atoms with Crippen molar-refractivity contribution in [3.05, 3.63) is 21.7 Å². The van der Waals surface area contributed by atoms with Crippen LogP contribution in [0.2, 0.25) is 0 Å². The van der Waals surface area contributed by atoms with Crippen molar-refractivity contribution in [2.24, 2.45) is 0 Å². The molecule has 15 heavy (non-hydrogen) atoms. The van der Waals surface area contributed by atoms with E-state index in [0.717, 1.165) is 28.0 Å². The minimum Gasteiger partial charge on any atom is -0.454 e. The van der Waals surface area contributed by atoms with Gasteiger partial charge >= 0.3 is 0 Å². The Morgan fingerprint density at radius 2 is 2.27 bits per heavy atom. The second-order valence-corrected chi connectivity index (χ2v) is 4.18. The van der Waals surface area contributed by atoms with Gasteiger partial charge in [-0.15, -0.1) is 0 Å². The highest BCUT2D eigenvalue weighted by Gasteiger charge is 2.21. The zero-order chi connectivity index (χ0) is 10.8. The van der Waals surface area contributed by atoms with Gasteiger partial charge in [0.05, 0.1) is 4.47 Å². The molecule has 2 rings (SSSR count). The lowest BCUT2D eigenvalue weighted by Crippen LogP contribution is -1.98. The Hall–Kier alpha value is -0.740. The van der Waals surface area contributed by atoms with E-state index in [-0.39, 0.29) is 13.4 Å². The summed E-state index contributed by atoms with van der Waals surface area (Å²) in [5.41, 5.74) is 2.31. The van der Waals surface area contributed by atoms with E-state index in [9.17, 15) is 0 Å². The maximum atomic E-state index is 8.99. The molecule has 0 bridgehead atoms. The van der Waals surface area contributed by atoms with Crippen molar-refractivity contribution in [1.82, 2.24) is 0 Å². The van der Waals surface area contributed by atoms with Crippen LogP contribution in [-0.2, 0) is 12.8 Å². The molecule has 0 fully saturated rings. The number of benzene rings is 1. The molecular weight excluding hydrogens is 260 g/mol. The second kappa shape index (κ2) is 4.41. The van der Waals surface area contributed by atoms with Gasteiger partial charge in [0.15, 0.2) is 11.5 Å². The molecule has 1 aliphatic rings. The number of aliphatic hydroxyl groups excluding tert-OH is 1. The fraction of sp³-hybridized carbons (Fsp3) is 0.455. The average molecular weight is 273 g/mol. The summed E-state index contributed by atoms with van der Waals surface area (Å²) >= 11 is 3.53. The van der Waals surface area contributed by atoms with Crippen LogP contribution in [0.3, 0.4) is 0 Å². The van der Waals surface area contributed by atoms with Crippen LogP contribution in [0.4, 0.5) is 0 Å². The second-order valence-electron chi connectivity index (χ2n) is 3.39. The average Bonchev–Trinajstić information content (AvgIpc) is 2.67. The fourth-order valence-corrected chi connectivity index (χ4v) is 2.66. The molecule has 1 N–H and O–H groups in total. The van der Waals surface area contributed by atoms with Crippen LogP contribution < -0.4 is 9.47 Å². The van der Waals surface area contributed by atoms with Gasteiger partial charge in [0.1, 0.15) is 0 Å². The van der Waals surface area contributed by atoms with E-state index in [0.29, 0.717) is 6.42 Å². The topological polar surface area (TPSA) is 38.7 Å². The first kappa shape index (κ1) is 10.8. The number of rotatable bonds is 3. The van der Waals surface area contributed by atoms with E-state index in [1.807, 2.05) is 6.07 Å². The minimum atomic E-state index is 0.152. The van der Waals surface area contributed by atoms with Gasteiger partial charge in [-0.3, -0.25) is 0 Å². The molecule has 0 aromatic heterocycles. The Kier molecular flexibility index (Phi) is 3.17. The van der Waals surface area contributed by atoms with Gasteiger partial charge in [-0.2, -0.15) is 0 Å². The van der Waals surface area contributed by atoms with Crippen LogP contribution in [0, 0.1) is 0 Å². The fourth-order valence-electron chi connectivity index (χ4n) is 1.82. The maximum absolute atomic E-state index is 8.99. The molecule has 0 aliphatic carbocycles. The van der Waals surface area contributed by atoms with E-state index in [2.05, 4.69) is 22.9 Å². The predicted octanol–water partition coefficient (Wildman–Crippen LogP) is 2.28. The van der Waals surface area contributed by atoms with Crippen LogP contribution in [0.25, 0.3) is 0 Å². The number of ether oxygens (including phenoxy) is 2. The first-order valence-electron chi connectivity index (χ1n) is 4.98. The molecule has 0 unspecified atom stereocenters. The number of fused-ring (bicyclic) bond motifs is 1. The van der Waals surface area contributed by atoms with Crippen molar-refractivity contribution in [2.75, 3.05) is 13.4 Å². The highest BCUT2D eigenvalue weighted by atomic mass is 79.9. The third-order valence-electron chi connectivity index (χ3n) is 2.53. The predicted molar refractivity (Wildman–Crippen MR) is 60.4 cm³/mol. The Balaban J connectivity index is 2.51. The summed E-state index contributed by atoms with van der Waals surface area (Å²) in [6, 6.07) is 1.96. The van der Waals surface area contributed by atoms with Gasteiger partial charge < -0.3 is 14.6 Å². The van der Waals surface area contributed by atoms with Crippen molar-refractivity contribution < 1.29 is 14.6 Å². The molecule has 1 aromatic rings. The van der Waals surface area contributed by atoms with Crippen molar-refractivity contribution in [3.8, 4) is 11.5 Å². The van der Waals surface area contributed by atoms with Gasteiger partial charge in [-0.25, -0.2) is 0 Å². The summed E-state index contributed by atoms with van der Waals surface area (Å²) in [5.74, 6) is 1.55. The van der Waals surface area contributed by atoms with Gasteiger partial charge in [0, 0.05) is 6.61 Å². The molecule has 1 aromatic carbocycles. The molecule has 0 saturated heterocycles. The summed E-state index contributed by atoms with van der Waals surface area (Å²) in [6.07, 6.45) is 1.56. The van der Waals surface area contributed by atoms with Crippen LogP contribution in [-0.4, -0.2) is 18.5 Å². The van der Waals surface area contributed by atoms with E-state index < -0.39 is 0 Å². The van der Waals surface area contributed by atoms with E-state index in [1.165, 1.54) is 5.56 Å². The molecule has 0 amide bonds. The third-order valence-corrected chi connectivity index (χ3v) is 3.37. The summed E-state index contributed by atoms with van der Waals surface area (Å²) in [7, 11) is 0. The van der Waals surface area contributed by atoms with Crippen LogP contribution in [0.15, 0.2) is 10.5 Å². The molecule has 1 aliphatic heterocycles. The molecule has 3 nitrogen and oxygen atoms in total. The summed E-state index contributed by atoms with van der Waals surface area (Å²) in [6.45, 7) is 2.52. The highest BCUT2D eigenvalue weighted by Crippen LogP contribution is 2.43. The first-order valence-corrected chi connectivity index (χ1v) is 5.78. The normalized spacial score (nSPS) is 13.3. The third kappa shape index (κ3) is 1.84. The van der Waals surface area contributed by atoms with Gasteiger partial charge in [0.25, 0.3) is 0 Å². The number of hydrogen-bond donors (Lipinski definition) is 1. The van der Waals surface area contributed by atoms with Crippen molar-refractivity contribution in [3.63, 3.8) is 0 Å². The zero-order valence-electron chi connectivity index (χ0n) is 8.55. The molecule has 0 saturated carbocycles. The Morgan fingerprint density at radius 3 is 2.93 bits per heavy atom. The Bertz CT molecular complexity index is 377. The molecule has 0 radical (unpaired) electrons. The summed E-state index contributed by atoms with van der Waals surface area (Å²) in [5, 5.41) is 8.99.